The minimum atomic E-state index is -3.71. The summed E-state index contributed by atoms with van der Waals surface area (Å²) in [5, 5.41) is 11.3. The van der Waals surface area contributed by atoms with Gasteiger partial charge in [-0.1, -0.05) is 6.92 Å². The number of sulfone groups is 1. The maximum absolute atomic E-state index is 12.2. The maximum atomic E-state index is 12.2. The monoisotopic (exact) mass is 329 g/mol. The number of aliphatic carboxylic acids is 1. The van der Waals surface area contributed by atoms with Crippen LogP contribution in [0.3, 0.4) is 0 Å². The van der Waals surface area contributed by atoms with Crippen LogP contribution in [0.15, 0.2) is 28.0 Å². The molecule has 0 saturated carbocycles. The second-order valence-corrected chi connectivity index (χ2v) is 8.34. The van der Waals surface area contributed by atoms with Crippen LogP contribution in [-0.2, 0) is 19.4 Å². The molecule has 1 aromatic carbocycles. The lowest BCUT2D eigenvalue weighted by Gasteiger charge is -2.22. The zero-order chi connectivity index (χ0) is 15.8. The van der Waals surface area contributed by atoms with Crippen LogP contribution in [0.4, 0.5) is 5.69 Å². The molecule has 0 saturated heterocycles. The summed E-state index contributed by atoms with van der Waals surface area (Å²) in [7, 11) is -3.71. The molecule has 0 radical (unpaired) electrons. The molecule has 21 heavy (non-hydrogen) atoms. The van der Waals surface area contributed by atoms with Crippen LogP contribution in [0.1, 0.15) is 13.8 Å². The molecule has 8 heteroatoms. The Balaban J connectivity index is 2.32. The van der Waals surface area contributed by atoms with Crippen LogP contribution >= 0.6 is 11.8 Å². The summed E-state index contributed by atoms with van der Waals surface area (Å²) in [5.74, 6) is -2.80. The van der Waals surface area contributed by atoms with Gasteiger partial charge in [-0.2, -0.15) is 0 Å². The zero-order valence-electron chi connectivity index (χ0n) is 11.5. The number of nitrogens with one attached hydrogen (secondary N) is 1. The van der Waals surface area contributed by atoms with Gasteiger partial charge in [-0.05, 0) is 25.1 Å². The molecule has 0 aliphatic carbocycles. The minimum Gasteiger partial charge on any atom is -0.481 e. The van der Waals surface area contributed by atoms with Crippen LogP contribution in [0.25, 0.3) is 0 Å². The molecule has 114 valence electrons. The SMILES string of the molecule is C[C@@H](CS(=O)(=O)c1ccc2c(c1)NC(=O)[C@@H](C)S2)C(=O)O. The van der Waals surface area contributed by atoms with Crippen molar-refractivity contribution in [1.82, 2.24) is 0 Å². The van der Waals surface area contributed by atoms with E-state index in [1.165, 1.54) is 30.8 Å². The smallest absolute Gasteiger partial charge is 0.307 e. The van der Waals surface area contributed by atoms with Gasteiger partial charge in [0.1, 0.15) is 0 Å². The molecular formula is C13H15NO5S2. The second-order valence-electron chi connectivity index (χ2n) is 4.93. The van der Waals surface area contributed by atoms with E-state index in [0.717, 1.165) is 4.90 Å². The first kappa shape index (κ1) is 15.8. The van der Waals surface area contributed by atoms with Crippen LogP contribution in [0.5, 0.6) is 0 Å². The van der Waals surface area contributed by atoms with E-state index in [4.69, 9.17) is 5.11 Å². The molecule has 2 N–H and O–H groups in total. The summed E-state index contributed by atoms with van der Waals surface area (Å²) in [6.45, 7) is 3.11. The number of thioether (sulfide) groups is 1. The average molecular weight is 329 g/mol. The molecule has 0 spiro atoms. The zero-order valence-corrected chi connectivity index (χ0v) is 13.1. The van der Waals surface area contributed by atoms with Crippen molar-refractivity contribution in [3.8, 4) is 0 Å². The van der Waals surface area contributed by atoms with Gasteiger partial charge in [0.2, 0.25) is 5.91 Å². The third-order valence-corrected chi connectivity index (χ3v) is 6.22. The first-order chi connectivity index (χ1) is 9.70. The standard InChI is InChI=1S/C13H15NO5S2/c1-7(13(16)17)6-21(18,19)9-3-4-11-10(5-9)14-12(15)8(2)20-11/h3-5,7-8H,6H2,1-2H3,(H,14,15)(H,16,17)/t7-,8+/m0/s1. The topological polar surface area (TPSA) is 101 Å². The lowest BCUT2D eigenvalue weighted by atomic mass is 10.2. The molecule has 6 nitrogen and oxygen atoms in total. The number of benzene rings is 1. The number of carboxylic acid groups (broad SMARTS) is 1. The third-order valence-electron chi connectivity index (χ3n) is 3.13. The Kier molecular flexibility index (Phi) is 4.29. The number of hydrogen-bond donors (Lipinski definition) is 2. The van der Waals surface area contributed by atoms with Crippen molar-refractivity contribution in [1.29, 1.82) is 0 Å². The van der Waals surface area contributed by atoms with E-state index in [0.29, 0.717) is 5.69 Å². The molecule has 0 unspecified atom stereocenters. The summed E-state index contributed by atoms with van der Waals surface area (Å²) in [4.78, 5) is 23.2. The van der Waals surface area contributed by atoms with Gasteiger partial charge in [0, 0.05) is 4.90 Å². The highest BCUT2D eigenvalue weighted by Crippen LogP contribution is 2.36. The van der Waals surface area contributed by atoms with E-state index in [9.17, 15) is 18.0 Å². The Morgan fingerprint density at radius 3 is 2.76 bits per heavy atom. The van der Waals surface area contributed by atoms with Crippen molar-refractivity contribution in [2.45, 2.75) is 28.9 Å². The van der Waals surface area contributed by atoms with E-state index < -0.39 is 27.5 Å². The van der Waals surface area contributed by atoms with E-state index in [1.54, 1.807) is 13.0 Å². The fourth-order valence-electron chi connectivity index (χ4n) is 1.88. The Hall–Kier alpha value is -1.54. The fourth-order valence-corrected chi connectivity index (χ4v) is 4.37. The normalized spacial score (nSPS) is 19.5. The van der Waals surface area contributed by atoms with Crippen LogP contribution in [-0.4, -0.2) is 36.4 Å². The summed E-state index contributed by atoms with van der Waals surface area (Å²) in [6.07, 6.45) is 0. The second kappa shape index (κ2) is 5.69. The van der Waals surface area contributed by atoms with Crippen molar-refractivity contribution in [2.75, 3.05) is 11.1 Å². The first-order valence-electron chi connectivity index (χ1n) is 6.28. The maximum Gasteiger partial charge on any atom is 0.307 e. The number of amides is 1. The lowest BCUT2D eigenvalue weighted by molar-refractivity contribution is -0.140. The molecule has 2 rings (SSSR count). The predicted molar refractivity (Wildman–Crippen MR) is 79.2 cm³/mol. The van der Waals surface area contributed by atoms with Gasteiger partial charge in [-0.3, -0.25) is 9.59 Å². The van der Waals surface area contributed by atoms with E-state index >= 15 is 0 Å². The lowest BCUT2D eigenvalue weighted by Crippen LogP contribution is -2.27. The number of carbonyl (C=O) groups is 2. The number of rotatable bonds is 4. The van der Waals surface area contributed by atoms with Crippen LogP contribution in [0, 0.1) is 5.92 Å². The molecule has 1 aromatic rings. The first-order valence-corrected chi connectivity index (χ1v) is 8.81. The van der Waals surface area contributed by atoms with Gasteiger partial charge in [-0.15, -0.1) is 11.8 Å². The number of fused-ring (bicyclic) bond motifs is 1. The van der Waals surface area contributed by atoms with E-state index in [2.05, 4.69) is 5.32 Å². The van der Waals surface area contributed by atoms with Crippen molar-refractivity contribution in [2.24, 2.45) is 5.92 Å². The Morgan fingerprint density at radius 1 is 1.48 bits per heavy atom. The van der Waals surface area contributed by atoms with Crippen LogP contribution in [0.2, 0.25) is 0 Å². The summed E-state index contributed by atoms with van der Waals surface area (Å²) in [5.41, 5.74) is 0.451. The van der Waals surface area contributed by atoms with Crippen molar-refractivity contribution in [3.05, 3.63) is 18.2 Å². The predicted octanol–water partition coefficient (Wildman–Crippen LogP) is 1.61. The summed E-state index contributed by atoms with van der Waals surface area (Å²) >= 11 is 1.36. The Morgan fingerprint density at radius 2 is 2.14 bits per heavy atom. The molecule has 1 aliphatic rings. The van der Waals surface area contributed by atoms with Gasteiger partial charge < -0.3 is 10.4 Å². The molecular weight excluding hydrogens is 314 g/mol. The quantitative estimate of drug-likeness (QED) is 0.870. The number of hydrogen-bond acceptors (Lipinski definition) is 5. The summed E-state index contributed by atoms with van der Waals surface area (Å²) < 4.78 is 24.4. The van der Waals surface area contributed by atoms with Gasteiger partial charge in [0.15, 0.2) is 9.84 Å². The molecule has 1 aliphatic heterocycles. The highest BCUT2D eigenvalue weighted by atomic mass is 32.2. The molecule has 1 amide bonds. The van der Waals surface area contributed by atoms with Gasteiger partial charge >= 0.3 is 5.97 Å². The molecule has 0 fully saturated rings. The Labute approximate surface area is 126 Å². The minimum absolute atomic E-state index is 0.0183. The molecule has 1 heterocycles. The molecule has 0 bridgehead atoms. The fraction of sp³-hybridized carbons (Fsp3) is 0.385. The van der Waals surface area contributed by atoms with E-state index in [-0.39, 0.29) is 16.1 Å². The van der Waals surface area contributed by atoms with Gasteiger partial charge in [0.05, 0.1) is 27.5 Å². The largest absolute Gasteiger partial charge is 0.481 e. The summed E-state index contributed by atoms with van der Waals surface area (Å²) in [6, 6.07) is 4.46. The van der Waals surface area contributed by atoms with Crippen molar-refractivity contribution in [3.63, 3.8) is 0 Å². The number of anilines is 1. The van der Waals surface area contributed by atoms with E-state index in [1.807, 2.05) is 0 Å². The Bertz CT molecular complexity index is 699. The highest BCUT2D eigenvalue weighted by Gasteiger charge is 2.27. The highest BCUT2D eigenvalue weighted by molar-refractivity contribution is 8.01. The molecule has 2 atom stereocenters. The van der Waals surface area contributed by atoms with Crippen molar-refractivity contribution < 1.29 is 23.1 Å². The van der Waals surface area contributed by atoms with Crippen LogP contribution < -0.4 is 5.32 Å². The number of carboxylic acids is 1. The molecule has 0 aromatic heterocycles. The average Bonchev–Trinajstić information content (AvgIpc) is 2.38. The van der Waals surface area contributed by atoms with Crippen molar-refractivity contribution >= 4 is 39.2 Å². The number of carbonyl (C=O) groups excluding carboxylic acids is 1. The van der Waals surface area contributed by atoms with Gasteiger partial charge in [0.25, 0.3) is 0 Å². The van der Waals surface area contributed by atoms with Gasteiger partial charge in [-0.25, -0.2) is 8.42 Å². The third kappa shape index (κ3) is 3.38.